The number of aromatic nitrogens is 2. The number of carbonyl (C=O) groups excluding carboxylic acids is 2. The summed E-state index contributed by atoms with van der Waals surface area (Å²) >= 11 is 0. The largest absolute Gasteiger partial charge is 0.481 e. The van der Waals surface area contributed by atoms with E-state index in [0.29, 0.717) is 74.5 Å². The smallest absolute Gasteiger partial charge is 0.306 e. The van der Waals surface area contributed by atoms with Crippen molar-refractivity contribution in [3.8, 4) is 11.3 Å². The SMILES string of the molecule is CC(=O)N1CCN(c2nnc(-c3ccc(C(=N)N)cc3)cc2C(=O)NC2CCC(C(=O)O)CC2)CC1. The van der Waals surface area contributed by atoms with Gasteiger partial charge in [0.1, 0.15) is 5.84 Å². The Balaban J connectivity index is 1.59. The maximum atomic E-state index is 13.5. The van der Waals surface area contributed by atoms with Gasteiger partial charge in [0.25, 0.3) is 5.91 Å². The molecule has 2 aromatic rings. The summed E-state index contributed by atoms with van der Waals surface area (Å²) < 4.78 is 0. The molecule has 0 spiro atoms. The van der Waals surface area contributed by atoms with E-state index < -0.39 is 5.97 Å². The van der Waals surface area contributed by atoms with Crippen LogP contribution in [0.4, 0.5) is 5.82 Å². The molecule has 4 rings (SSSR count). The number of amides is 2. The average Bonchev–Trinajstić information content (AvgIpc) is 2.88. The second-order valence-corrected chi connectivity index (χ2v) is 9.31. The highest BCUT2D eigenvalue weighted by Gasteiger charge is 2.29. The van der Waals surface area contributed by atoms with Crippen LogP contribution in [0.1, 0.15) is 48.5 Å². The number of hydrogen-bond donors (Lipinski definition) is 4. The van der Waals surface area contributed by atoms with Crippen molar-refractivity contribution in [3.05, 3.63) is 41.5 Å². The Morgan fingerprint density at radius 1 is 1.03 bits per heavy atom. The molecule has 2 heterocycles. The third-order valence-corrected chi connectivity index (χ3v) is 6.95. The lowest BCUT2D eigenvalue weighted by Gasteiger charge is -2.35. The molecule has 190 valence electrons. The second-order valence-electron chi connectivity index (χ2n) is 9.31. The van der Waals surface area contributed by atoms with Gasteiger partial charge >= 0.3 is 5.97 Å². The second kappa shape index (κ2) is 10.7. The van der Waals surface area contributed by atoms with Crippen LogP contribution in [-0.2, 0) is 9.59 Å². The van der Waals surface area contributed by atoms with Gasteiger partial charge in [-0.1, -0.05) is 24.3 Å². The van der Waals surface area contributed by atoms with E-state index in [9.17, 15) is 19.5 Å². The Hall–Kier alpha value is -4.02. The minimum absolute atomic E-state index is 0.0139. The van der Waals surface area contributed by atoms with Crippen molar-refractivity contribution in [2.45, 2.75) is 38.6 Å². The van der Waals surface area contributed by atoms with Crippen LogP contribution in [0.25, 0.3) is 11.3 Å². The summed E-state index contributed by atoms with van der Waals surface area (Å²) in [5.41, 5.74) is 7.76. The van der Waals surface area contributed by atoms with Crippen molar-refractivity contribution in [3.63, 3.8) is 0 Å². The summed E-state index contributed by atoms with van der Waals surface area (Å²) in [4.78, 5) is 40.2. The highest BCUT2D eigenvalue weighted by molar-refractivity contribution is 6.00. The molecule has 1 aromatic carbocycles. The fraction of sp³-hybridized carbons (Fsp3) is 0.440. The van der Waals surface area contributed by atoms with E-state index in [-0.39, 0.29) is 29.6 Å². The van der Waals surface area contributed by atoms with Crippen LogP contribution in [0, 0.1) is 11.3 Å². The van der Waals surface area contributed by atoms with Crippen LogP contribution in [0.15, 0.2) is 30.3 Å². The molecule has 5 N–H and O–H groups in total. The van der Waals surface area contributed by atoms with Crippen LogP contribution < -0.4 is 16.0 Å². The molecule has 0 unspecified atom stereocenters. The van der Waals surface area contributed by atoms with Crippen molar-refractivity contribution >= 4 is 29.4 Å². The molecule has 1 aliphatic heterocycles. The first-order chi connectivity index (χ1) is 17.2. The van der Waals surface area contributed by atoms with Gasteiger partial charge in [0, 0.05) is 50.3 Å². The summed E-state index contributed by atoms with van der Waals surface area (Å²) in [6.07, 6.45) is 2.27. The van der Waals surface area contributed by atoms with Gasteiger partial charge in [-0.2, -0.15) is 0 Å². The molecule has 11 heteroatoms. The zero-order chi connectivity index (χ0) is 25.8. The first kappa shape index (κ1) is 25.1. The number of rotatable bonds is 6. The third-order valence-electron chi connectivity index (χ3n) is 6.95. The first-order valence-corrected chi connectivity index (χ1v) is 12.1. The molecule has 1 saturated heterocycles. The number of nitrogen functional groups attached to an aromatic ring is 1. The number of amidine groups is 1. The molecular weight excluding hydrogens is 462 g/mol. The summed E-state index contributed by atoms with van der Waals surface area (Å²) in [6, 6.07) is 8.59. The van der Waals surface area contributed by atoms with Gasteiger partial charge in [-0.15, -0.1) is 10.2 Å². The number of carbonyl (C=O) groups is 3. The van der Waals surface area contributed by atoms with Crippen LogP contribution in [-0.4, -0.2) is 76.0 Å². The number of aliphatic carboxylic acids is 1. The van der Waals surface area contributed by atoms with E-state index in [0.717, 1.165) is 5.56 Å². The van der Waals surface area contributed by atoms with E-state index in [1.807, 2.05) is 4.90 Å². The number of carboxylic acids is 1. The summed E-state index contributed by atoms with van der Waals surface area (Å²) in [5, 5.41) is 28.7. The highest BCUT2D eigenvalue weighted by Crippen LogP contribution is 2.27. The highest BCUT2D eigenvalue weighted by atomic mass is 16.4. The molecule has 1 aliphatic carbocycles. The number of anilines is 1. The maximum Gasteiger partial charge on any atom is 0.306 e. The van der Waals surface area contributed by atoms with Gasteiger partial charge in [0.05, 0.1) is 17.2 Å². The van der Waals surface area contributed by atoms with Crippen LogP contribution >= 0.6 is 0 Å². The standard InChI is InChI=1S/C25H31N7O4/c1-15(33)31-10-12-32(13-11-31)23-20(24(34)28-19-8-6-18(7-9-19)25(35)36)14-21(29-30-23)16-2-4-17(5-3-16)22(26)27/h2-5,14,18-19H,6-13H2,1H3,(H3,26,27)(H,28,34)(H,35,36). The lowest BCUT2D eigenvalue weighted by molar-refractivity contribution is -0.142. The molecule has 36 heavy (non-hydrogen) atoms. The molecule has 0 atom stereocenters. The molecule has 0 bridgehead atoms. The lowest BCUT2D eigenvalue weighted by Crippen LogP contribution is -2.49. The van der Waals surface area contributed by atoms with Crippen molar-refractivity contribution in [2.75, 3.05) is 31.1 Å². The minimum atomic E-state index is -0.787. The average molecular weight is 494 g/mol. The molecule has 0 radical (unpaired) electrons. The van der Waals surface area contributed by atoms with Gasteiger partial charge in [0.15, 0.2) is 5.82 Å². The lowest BCUT2D eigenvalue weighted by atomic mass is 9.86. The Labute approximate surface area is 209 Å². The fourth-order valence-electron chi connectivity index (χ4n) is 4.73. The van der Waals surface area contributed by atoms with Crippen LogP contribution in [0.3, 0.4) is 0 Å². The van der Waals surface area contributed by atoms with E-state index in [4.69, 9.17) is 11.1 Å². The first-order valence-electron chi connectivity index (χ1n) is 12.1. The normalized spacial score (nSPS) is 20.0. The maximum absolute atomic E-state index is 13.5. The predicted octanol–water partition coefficient (Wildman–Crippen LogP) is 1.47. The zero-order valence-corrected chi connectivity index (χ0v) is 20.2. The Morgan fingerprint density at radius 3 is 2.22 bits per heavy atom. The zero-order valence-electron chi connectivity index (χ0n) is 20.2. The molecule has 2 amide bonds. The van der Waals surface area contributed by atoms with Gasteiger partial charge < -0.3 is 26.0 Å². The third kappa shape index (κ3) is 5.61. The number of piperazine rings is 1. The Kier molecular flexibility index (Phi) is 7.47. The van der Waals surface area contributed by atoms with E-state index >= 15 is 0 Å². The number of hydrogen-bond acceptors (Lipinski definition) is 7. The number of carboxylic acid groups (broad SMARTS) is 1. The quantitative estimate of drug-likeness (QED) is 0.347. The van der Waals surface area contributed by atoms with Crippen molar-refractivity contribution in [1.82, 2.24) is 20.4 Å². The summed E-state index contributed by atoms with van der Waals surface area (Å²) in [5.74, 6) is -0.998. The van der Waals surface area contributed by atoms with E-state index in [1.165, 1.54) is 0 Å². The monoisotopic (exact) mass is 493 g/mol. The van der Waals surface area contributed by atoms with E-state index in [1.54, 1.807) is 42.2 Å². The van der Waals surface area contributed by atoms with Gasteiger partial charge in [-0.25, -0.2) is 0 Å². The molecule has 1 aromatic heterocycles. The van der Waals surface area contributed by atoms with Gasteiger partial charge in [0.2, 0.25) is 5.91 Å². The summed E-state index contributed by atoms with van der Waals surface area (Å²) in [7, 11) is 0. The molecular formula is C25H31N7O4. The number of benzene rings is 1. The van der Waals surface area contributed by atoms with Crippen molar-refractivity contribution in [1.29, 1.82) is 5.41 Å². The topological polar surface area (TPSA) is 166 Å². The Morgan fingerprint density at radius 2 is 1.67 bits per heavy atom. The van der Waals surface area contributed by atoms with Crippen LogP contribution in [0.2, 0.25) is 0 Å². The van der Waals surface area contributed by atoms with Crippen molar-refractivity contribution < 1.29 is 19.5 Å². The predicted molar refractivity (Wildman–Crippen MR) is 134 cm³/mol. The fourth-order valence-corrected chi connectivity index (χ4v) is 4.73. The van der Waals surface area contributed by atoms with Gasteiger partial charge in [-0.3, -0.25) is 19.8 Å². The van der Waals surface area contributed by atoms with Crippen molar-refractivity contribution in [2.24, 2.45) is 11.7 Å². The van der Waals surface area contributed by atoms with E-state index in [2.05, 4.69) is 15.5 Å². The van der Waals surface area contributed by atoms with Gasteiger partial charge in [-0.05, 0) is 31.7 Å². The van der Waals surface area contributed by atoms with Crippen LogP contribution in [0.5, 0.6) is 0 Å². The Bertz CT molecular complexity index is 1150. The number of nitrogens with two attached hydrogens (primary N) is 1. The molecule has 1 saturated carbocycles. The number of nitrogens with zero attached hydrogens (tertiary/aromatic N) is 4. The molecule has 2 fully saturated rings. The minimum Gasteiger partial charge on any atom is -0.481 e. The summed E-state index contributed by atoms with van der Waals surface area (Å²) in [6.45, 7) is 3.67. The number of nitrogens with one attached hydrogen (secondary N) is 2. The molecule has 11 nitrogen and oxygen atoms in total. The molecule has 2 aliphatic rings.